The van der Waals surface area contributed by atoms with Crippen molar-refractivity contribution in [2.45, 2.75) is 65.3 Å². The molecule has 0 atom stereocenters. The topological polar surface area (TPSA) is 117 Å². The molecule has 0 bridgehead atoms. The van der Waals surface area contributed by atoms with Gasteiger partial charge in [0.15, 0.2) is 5.92 Å². The molecule has 0 aliphatic rings. The number of carbonyl (C=O) groups is 4. The van der Waals surface area contributed by atoms with Crippen molar-refractivity contribution < 1.29 is 38.1 Å². The Labute approximate surface area is 245 Å². The lowest BCUT2D eigenvalue weighted by Gasteiger charge is -2.27. The number of amides is 1. The molecule has 1 amide bonds. The number of methoxy groups -OCH3 is 1. The highest BCUT2D eigenvalue weighted by Crippen LogP contribution is 2.33. The second kappa shape index (κ2) is 13.3. The fourth-order valence-electron chi connectivity index (χ4n) is 4.08. The molecule has 0 aliphatic heterocycles. The summed E-state index contributed by atoms with van der Waals surface area (Å²) in [5, 5.41) is 3.62. The van der Waals surface area contributed by atoms with Crippen LogP contribution in [0.25, 0.3) is 16.8 Å². The summed E-state index contributed by atoms with van der Waals surface area (Å²) in [5.41, 5.74) is -0.170. The summed E-state index contributed by atoms with van der Waals surface area (Å²) in [6.07, 6.45) is 0.601. The Bertz CT molecular complexity index is 1450. The minimum Gasteiger partial charge on any atom is -0.464 e. The molecule has 9 nitrogen and oxygen atoms in total. The van der Waals surface area contributed by atoms with Crippen molar-refractivity contribution in [1.82, 2.24) is 5.32 Å². The molecule has 222 valence electrons. The van der Waals surface area contributed by atoms with E-state index < -0.39 is 41.1 Å². The SMILES string of the molecule is COC(=O)/C(=C/c1ccc(C(C(=O)OC(C)(C)C)C(=O)OC(C)(C)C)c2ccccc12)NC(=O)OCc1ccccc1. The standard InChI is InChI=1S/C33H37NO8/c1-32(2,3)41-29(36)27(30(37)42-33(4,5)6)25-18-17-22(23-15-11-12-16-24(23)25)19-26(28(35)39-7)34-31(38)40-20-21-13-9-8-10-14-21/h8-19,27H,20H2,1-7H3,(H,34,38)/b26-19-. The van der Waals surface area contributed by atoms with Gasteiger partial charge in [-0.05, 0) is 75.1 Å². The number of carbonyl (C=O) groups excluding carboxylic acids is 4. The Morgan fingerprint density at radius 3 is 1.86 bits per heavy atom. The van der Waals surface area contributed by atoms with Crippen LogP contribution < -0.4 is 5.32 Å². The van der Waals surface area contributed by atoms with Crippen LogP contribution in [0, 0.1) is 0 Å². The van der Waals surface area contributed by atoms with E-state index in [1.54, 1.807) is 90.1 Å². The Morgan fingerprint density at radius 2 is 1.31 bits per heavy atom. The van der Waals surface area contributed by atoms with Gasteiger partial charge < -0.3 is 18.9 Å². The summed E-state index contributed by atoms with van der Waals surface area (Å²) in [7, 11) is 1.20. The highest BCUT2D eigenvalue weighted by atomic mass is 16.6. The summed E-state index contributed by atoms with van der Waals surface area (Å²) >= 11 is 0. The van der Waals surface area contributed by atoms with Crippen molar-refractivity contribution in [2.24, 2.45) is 0 Å². The second-order valence-corrected chi connectivity index (χ2v) is 11.5. The third kappa shape index (κ3) is 8.92. The van der Waals surface area contributed by atoms with Gasteiger partial charge in [0.05, 0.1) is 7.11 Å². The maximum atomic E-state index is 13.3. The van der Waals surface area contributed by atoms with Gasteiger partial charge >= 0.3 is 24.0 Å². The number of rotatable bonds is 8. The first-order chi connectivity index (χ1) is 19.7. The van der Waals surface area contributed by atoms with E-state index in [4.69, 9.17) is 18.9 Å². The zero-order valence-corrected chi connectivity index (χ0v) is 25.0. The van der Waals surface area contributed by atoms with Crippen molar-refractivity contribution in [2.75, 3.05) is 7.11 Å². The molecule has 0 aromatic heterocycles. The fraction of sp³-hybridized carbons (Fsp3) is 0.333. The van der Waals surface area contributed by atoms with Gasteiger partial charge in [-0.3, -0.25) is 14.9 Å². The maximum Gasteiger partial charge on any atom is 0.412 e. The van der Waals surface area contributed by atoms with Crippen LogP contribution >= 0.6 is 0 Å². The summed E-state index contributed by atoms with van der Waals surface area (Å²) in [5.74, 6) is -3.65. The molecule has 0 saturated heterocycles. The highest BCUT2D eigenvalue weighted by molar-refractivity contribution is 6.07. The van der Waals surface area contributed by atoms with Gasteiger partial charge in [0, 0.05) is 0 Å². The Balaban J connectivity index is 2.04. The van der Waals surface area contributed by atoms with Gasteiger partial charge in [-0.25, -0.2) is 9.59 Å². The van der Waals surface area contributed by atoms with E-state index in [2.05, 4.69) is 5.32 Å². The van der Waals surface area contributed by atoms with Crippen molar-refractivity contribution in [3.8, 4) is 0 Å². The minimum atomic E-state index is -1.36. The summed E-state index contributed by atoms with van der Waals surface area (Å²) in [6, 6.07) is 19.4. The van der Waals surface area contributed by atoms with E-state index in [0.29, 0.717) is 21.9 Å². The molecule has 0 aliphatic carbocycles. The van der Waals surface area contributed by atoms with Crippen LogP contribution in [-0.4, -0.2) is 42.3 Å². The van der Waals surface area contributed by atoms with E-state index in [-0.39, 0.29) is 12.3 Å². The average molecular weight is 576 g/mol. The van der Waals surface area contributed by atoms with Gasteiger partial charge in [-0.15, -0.1) is 0 Å². The predicted octanol–water partition coefficient (Wildman–Crippen LogP) is 6.05. The zero-order valence-electron chi connectivity index (χ0n) is 25.0. The molecule has 0 heterocycles. The molecule has 3 aromatic rings. The van der Waals surface area contributed by atoms with Crippen LogP contribution in [0.4, 0.5) is 4.79 Å². The van der Waals surface area contributed by atoms with Gasteiger partial charge in [0.25, 0.3) is 0 Å². The lowest BCUT2D eigenvalue weighted by Crippen LogP contribution is -2.35. The second-order valence-electron chi connectivity index (χ2n) is 11.5. The van der Waals surface area contributed by atoms with Crippen molar-refractivity contribution in [1.29, 1.82) is 0 Å². The molecule has 3 rings (SSSR count). The number of esters is 3. The smallest absolute Gasteiger partial charge is 0.412 e. The first-order valence-corrected chi connectivity index (χ1v) is 13.4. The third-order valence-electron chi connectivity index (χ3n) is 5.74. The Hall–Kier alpha value is -4.66. The van der Waals surface area contributed by atoms with Crippen molar-refractivity contribution in [3.05, 3.63) is 89.1 Å². The monoisotopic (exact) mass is 575 g/mol. The highest BCUT2D eigenvalue weighted by Gasteiger charge is 2.37. The van der Waals surface area contributed by atoms with E-state index >= 15 is 0 Å². The Morgan fingerprint density at radius 1 is 0.762 bits per heavy atom. The maximum absolute atomic E-state index is 13.3. The van der Waals surface area contributed by atoms with Crippen molar-refractivity contribution >= 4 is 40.8 Å². The van der Waals surface area contributed by atoms with E-state index in [1.807, 2.05) is 18.2 Å². The van der Waals surface area contributed by atoms with E-state index in [1.165, 1.54) is 13.2 Å². The molecule has 42 heavy (non-hydrogen) atoms. The zero-order chi connectivity index (χ0) is 31.1. The normalized spacial score (nSPS) is 12.0. The lowest BCUT2D eigenvalue weighted by atomic mass is 9.90. The number of hydrogen-bond donors (Lipinski definition) is 1. The molecule has 0 saturated carbocycles. The van der Waals surface area contributed by atoms with Crippen molar-refractivity contribution in [3.63, 3.8) is 0 Å². The van der Waals surface area contributed by atoms with E-state index in [0.717, 1.165) is 5.56 Å². The van der Waals surface area contributed by atoms with Crippen LogP contribution in [0.5, 0.6) is 0 Å². The van der Waals surface area contributed by atoms with Gasteiger partial charge in [-0.2, -0.15) is 0 Å². The molecule has 0 fully saturated rings. The van der Waals surface area contributed by atoms with E-state index in [9.17, 15) is 19.2 Å². The number of benzene rings is 3. The van der Waals surface area contributed by atoms with Gasteiger partial charge in [-0.1, -0.05) is 66.7 Å². The third-order valence-corrected chi connectivity index (χ3v) is 5.74. The van der Waals surface area contributed by atoms with Gasteiger partial charge in [0.1, 0.15) is 23.5 Å². The molecule has 0 unspecified atom stereocenters. The number of nitrogens with one attached hydrogen (secondary N) is 1. The fourth-order valence-corrected chi connectivity index (χ4v) is 4.08. The average Bonchev–Trinajstić information content (AvgIpc) is 2.90. The molecule has 3 aromatic carbocycles. The molecular formula is C33H37NO8. The van der Waals surface area contributed by atoms with Crippen LogP contribution in [0.1, 0.15) is 64.2 Å². The van der Waals surface area contributed by atoms with Crippen LogP contribution in [0.15, 0.2) is 72.4 Å². The predicted molar refractivity (Wildman–Crippen MR) is 158 cm³/mol. The molecule has 0 radical (unpaired) electrons. The largest absolute Gasteiger partial charge is 0.464 e. The van der Waals surface area contributed by atoms with Gasteiger partial charge in [0.2, 0.25) is 0 Å². The quantitative estimate of drug-likeness (QED) is 0.149. The van der Waals surface area contributed by atoms with Crippen LogP contribution in [0.3, 0.4) is 0 Å². The number of hydrogen-bond acceptors (Lipinski definition) is 8. The summed E-state index contributed by atoms with van der Waals surface area (Å²) in [6.45, 7) is 10.3. The minimum absolute atomic E-state index is 0.00940. The summed E-state index contributed by atoms with van der Waals surface area (Å²) < 4.78 is 21.3. The first kappa shape index (κ1) is 31.9. The first-order valence-electron chi connectivity index (χ1n) is 13.4. The lowest BCUT2D eigenvalue weighted by molar-refractivity contribution is -0.169. The van der Waals surface area contributed by atoms with Crippen LogP contribution in [0.2, 0.25) is 0 Å². The van der Waals surface area contributed by atoms with Crippen LogP contribution in [-0.2, 0) is 39.9 Å². The Kier molecular flexibility index (Phi) is 10.1. The molecular weight excluding hydrogens is 538 g/mol. The number of fused-ring (bicyclic) bond motifs is 1. The molecule has 9 heteroatoms. The molecule has 1 N–H and O–H groups in total. The number of alkyl carbamates (subject to hydrolysis) is 1. The summed E-state index contributed by atoms with van der Waals surface area (Å²) in [4.78, 5) is 51.8. The molecule has 0 spiro atoms. The number of ether oxygens (including phenoxy) is 4.